The molecule has 0 atom stereocenters. The van der Waals surface area contributed by atoms with Crippen LogP contribution < -0.4 is 25.1 Å². The molecule has 0 aliphatic heterocycles. The Morgan fingerprint density at radius 3 is 2.45 bits per heavy atom. The van der Waals surface area contributed by atoms with Gasteiger partial charge in [-0.05, 0) is 42.0 Å². The summed E-state index contributed by atoms with van der Waals surface area (Å²) in [6.45, 7) is 0.327. The van der Waals surface area contributed by atoms with Gasteiger partial charge in [-0.2, -0.15) is 0 Å². The lowest BCUT2D eigenvalue weighted by atomic mass is 10.2. The lowest BCUT2D eigenvalue weighted by Gasteiger charge is -2.12. The average molecular weight is 394 g/mol. The van der Waals surface area contributed by atoms with Crippen molar-refractivity contribution in [3.63, 3.8) is 0 Å². The normalized spacial score (nSPS) is 10.3. The van der Waals surface area contributed by atoms with Gasteiger partial charge in [0.15, 0.2) is 11.5 Å². The number of hydrogen-bond acceptors (Lipinski definition) is 5. The summed E-state index contributed by atoms with van der Waals surface area (Å²) in [4.78, 5) is 25.5. The summed E-state index contributed by atoms with van der Waals surface area (Å²) in [6.07, 6.45) is 1.65. The highest BCUT2D eigenvalue weighted by atomic mass is 16.5. The van der Waals surface area contributed by atoms with E-state index in [9.17, 15) is 9.59 Å². The van der Waals surface area contributed by atoms with Gasteiger partial charge in [-0.3, -0.25) is 9.59 Å². The summed E-state index contributed by atoms with van der Waals surface area (Å²) in [5.41, 5.74) is 1.05. The molecule has 0 fully saturated rings. The number of carbonyl (C=O) groups is 1. The van der Waals surface area contributed by atoms with Gasteiger partial charge in [0, 0.05) is 18.0 Å². The minimum Gasteiger partial charge on any atom is -0.497 e. The Hall–Kier alpha value is -3.74. The molecule has 2 aromatic carbocycles. The first-order chi connectivity index (χ1) is 14.0. The zero-order valence-electron chi connectivity index (χ0n) is 16.5. The Morgan fingerprint density at radius 2 is 1.72 bits per heavy atom. The van der Waals surface area contributed by atoms with Crippen LogP contribution in [0.3, 0.4) is 0 Å². The maximum absolute atomic E-state index is 12.8. The second kappa shape index (κ2) is 8.97. The van der Waals surface area contributed by atoms with Gasteiger partial charge in [-0.25, -0.2) is 0 Å². The zero-order valence-corrected chi connectivity index (χ0v) is 16.5. The maximum Gasteiger partial charge on any atom is 0.263 e. The standard InChI is InChI=1S/C22H22N2O5/c1-27-17-7-4-6-15(12-17)14-24-11-5-8-18(22(24)26)21(25)23-16-9-10-19(28-2)20(13-16)29-3/h4-13H,14H2,1-3H3,(H,23,25). The van der Waals surface area contributed by atoms with Crippen LogP contribution in [0.25, 0.3) is 0 Å². The van der Waals surface area contributed by atoms with Crippen molar-refractivity contribution in [2.24, 2.45) is 0 Å². The molecule has 1 N–H and O–H groups in total. The van der Waals surface area contributed by atoms with Crippen LogP contribution in [0.15, 0.2) is 65.6 Å². The number of ether oxygens (including phenoxy) is 3. The Morgan fingerprint density at radius 1 is 0.931 bits per heavy atom. The monoisotopic (exact) mass is 394 g/mol. The molecule has 3 aromatic rings. The van der Waals surface area contributed by atoms with Crippen LogP contribution in [0.5, 0.6) is 17.2 Å². The largest absolute Gasteiger partial charge is 0.497 e. The van der Waals surface area contributed by atoms with Crippen molar-refractivity contribution in [1.82, 2.24) is 4.57 Å². The van der Waals surface area contributed by atoms with E-state index in [1.54, 1.807) is 37.6 Å². The van der Waals surface area contributed by atoms with Crippen molar-refractivity contribution >= 4 is 11.6 Å². The molecule has 1 aromatic heterocycles. The van der Waals surface area contributed by atoms with E-state index in [1.807, 2.05) is 24.3 Å². The van der Waals surface area contributed by atoms with Crippen LogP contribution in [0.1, 0.15) is 15.9 Å². The van der Waals surface area contributed by atoms with Gasteiger partial charge in [0.25, 0.3) is 11.5 Å². The van der Waals surface area contributed by atoms with Crippen LogP contribution in [0.4, 0.5) is 5.69 Å². The SMILES string of the molecule is COc1cccc(Cn2cccc(C(=O)Nc3ccc(OC)c(OC)c3)c2=O)c1. The summed E-state index contributed by atoms with van der Waals surface area (Å²) in [7, 11) is 4.63. The molecule has 7 heteroatoms. The molecule has 7 nitrogen and oxygen atoms in total. The number of anilines is 1. The minimum absolute atomic E-state index is 0.0465. The molecule has 0 spiro atoms. The topological polar surface area (TPSA) is 78.8 Å². The molecule has 0 aliphatic rings. The van der Waals surface area contributed by atoms with Gasteiger partial charge < -0.3 is 24.1 Å². The average Bonchev–Trinajstić information content (AvgIpc) is 2.75. The summed E-state index contributed by atoms with van der Waals surface area (Å²) in [5, 5.41) is 2.73. The summed E-state index contributed by atoms with van der Waals surface area (Å²) in [5.74, 6) is 1.24. The highest BCUT2D eigenvalue weighted by Crippen LogP contribution is 2.29. The molecule has 0 bridgehead atoms. The summed E-state index contributed by atoms with van der Waals surface area (Å²) >= 11 is 0. The molecule has 0 aliphatic carbocycles. The maximum atomic E-state index is 12.8. The molecule has 1 heterocycles. The number of nitrogens with zero attached hydrogens (tertiary/aromatic N) is 1. The number of methoxy groups -OCH3 is 3. The highest BCUT2D eigenvalue weighted by molar-refractivity contribution is 6.04. The predicted molar refractivity (Wildman–Crippen MR) is 110 cm³/mol. The van der Waals surface area contributed by atoms with Gasteiger partial charge in [0.2, 0.25) is 0 Å². The van der Waals surface area contributed by atoms with Crippen LogP contribution >= 0.6 is 0 Å². The van der Waals surface area contributed by atoms with E-state index in [4.69, 9.17) is 14.2 Å². The molecule has 29 heavy (non-hydrogen) atoms. The molecule has 0 unspecified atom stereocenters. The van der Waals surface area contributed by atoms with Crippen molar-refractivity contribution in [2.75, 3.05) is 26.6 Å². The fourth-order valence-corrected chi connectivity index (χ4v) is 2.91. The van der Waals surface area contributed by atoms with Gasteiger partial charge in [0.1, 0.15) is 11.3 Å². The molecular weight excluding hydrogens is 372 g/mol. The van der Waals surface area contributed by atoms with E-state index in [0.29, 0.717) is 29.5 Å². The van der Waals surface area contributed by atoms with Crippen molar-refractivity contribution in [1.29, 1.82) is 0 Å². The van der Waals surface area contributed by atoms with E-state index in [2.05, 4.69) is 5.32 Å². The first-order valence-corrected chi connectivity index (χ1v) is 8.91. The van der Waals surface area contributed by atoms with E-state index < -0.39 is 5.91 Å². The molecule has 1 amide bonds. The third kappa shape index (κ3) is 4.57. The Labute approximate surface area is 168 Å². The first-order valence-electron chi connectivity index (χ1n) is 8.91. The van der Waals surface area contributed by atoms with E-state index in [0.717, 1.165) is 5.56 Å². The number of carbonyl (C=O) groups excluding carboxylic acids is 1. The van der Waals surface area contributed by atoms with Crippen LogP contribution in [0.2, 0.25) is 0 Å². The van der Waals surface area contributed by atoms with E-state index >= 15 is 0 Å². The fourth-order valence-electron chi connectivity index (χ4n) is 2.91. The Balaban J connectivity index is 1.83. The first kappa shape index (κ1) is 20.0. The number of pyridine rings is 1. The summed E-state index contributed by atoms with van der Waals surface area (Å²) in [6, 6.07) is 15.6. The number of nitrogens with one attached hydrogen (secondary N) is 1. The lowest BCUT2D eigenvalue weighted by Crippen LogP contribution is -2.29. The van der Waals surface area contributed by atoms with Gasteiger partial charge in [0.05, 0.1) is 27.9 Å². The van der Waals surface area contributed by atoms with Gasteiger partial charge >= 0.3 is 0 Å². The number of amides is 1. The number of rotatable bonds is 7. The quantitative estimate of drug-likeness (QED) is 0.666. The molecule has 0 saturated carbocycles. The van der Waals surface area contributed by atoms with Crippen molar-refractivity contribution in [3.05, 3.63) is 82.3 Å². The van der Waals surface area contributed by atoms with Crippen molar-refractivity contribution in [3.8, 4) is 17.2 Å². The van der Waals surface area contributed by atoms with Crippen LogP contribution in [-0.4, -0.2) is 31.8 Å². The zero-order chi connectivity index (χ0) is 20.8. The fraction of sp³-hybridized carbons (Fsp3) is 0.182. The van der Waals surface area contributed by atoms with Crippen LogP contribution in [0, 0.1) is 0 Å². The number of benzene rings is 2. The second-order valence-corrected chi connectivity index (χ2v) is 6.23. The molecule has 150 valence electrons. The van der Waals surface area contributed by atoms with Crippen LogP contribution in [-0.2, 0) is 6.54 Å². The van der Waals surface area contributed by atoms with Gasteiger partial charge in [-0.15, -0.1) is 0 Å². The summed E-state index contributed by atoms with van der Waals surface area (Å²) < 4.78 is 17.1. The van der Waals surface area contributed by atoms with Gasteiger partial charge in [-0.1, -0.05) is 12.1 Å². The third-order valence-corrected chi connectivity index (χ3v) is 4.39. The predicted octanol–water partition coefficient (Wildman–Crippen LogP) is 3.17. The van der Waals surface area contributed by atoms with Crippen molar-refractivity contribution < 1.29 is 19.0 Å². The third-order valence-electron chi connectivity index (χ3n) is 4.39. The molecule has 0 saturated heterocycles. The Kier molecular flexibility index (Phi) is 6.19. The molecule has 0 radical (unpaired) electrons. The minimum atomic E-state index is -0.498. The highest BCUT2D eigenvalue weighted by Gasteiger charge is 2.14. The number of aromatic nitrogens is 1. The lowest BCUT2D eigenvalue weighted by molar-refractivity contribution is 0.102. The van der Waals surface area contributed by atoms with Crippen molar-refractivity contribution in [2.45, 2.75) is 6.54 Å². The van der Waals surface area contributed by atoms with E-state index in [-0.39, 0.29) is 11.1 Å². The second-order valence-electron chi connectivity index (χ2n) is 6.23. The number of hydrogen-bond donors (Lipinski definition) is 1. The Bertz CT molecular complexity index is 1070. The smallest absolute Gasteiger partial charge is 0.263 e. The molecule has 3 rings (SSSR count). The van der Waals surface area contributed by atoms with E-state index in [1.165, 1.54) is 24.9 Å². The molecular formula is C22H22N2O5.